The Labute approximate surface area is 137 Å². The summed E-state index contributed by atoms with van der Waals surface area (Å²) >= 11 is 1.84. The number of nitrogens with one attached hydrogen (secondary N) is 1. The third-order valence-corrected chi connectivity index (χ3v) is 4.31. The first-order valence-corrected chi connectivity index (χ1v) is 7.68. The van der Waals surface area contributed by atoms with E-state index < -0.39 is 6.04 Å². The normalized spacial score (nSPS) is 13.2. The van der Waals surface area contributed by atoms with E-state index in [1.165, 1.54) is 12.0 Å². The van der Waals surface area contributed by atoms with Crippen LogP contribution in [-0.2, 0) is 9.53 Å². The van der Waals surface area contributed by atoms with Gasteiger partial charge in [0.05, 0.1) is 6.61 Å². The van der Waals surface area contributed by atoms with Gasteiger partial charge in [0.1, 0.15) is 6.04 Å². The lowest BCUT2D eigenvalue weighted by Gasteiger charge is -2.14. The number of carbonyl (C=O) groups excluding carboxylic acids is 1. The number of benzene rings is 1. The fourth-order valence-electron chi connectivity index (χ4n) is 1.65. The van der Waals surface area contributed by atoms with Crippen molar-refractivity contribution in [3.8, 4) is 0 Å². The van der Waals surface area contributed by atoms with E-state index in [4.69, 9.17) is 10.5 Å². The van der Waals surface area contributed by atoms with Gasteiger partial charge in [-0.15, -0.1) is 24.2 Å². The Kier molecular flexibility index (Phi) is 9.70. The zero-order valence-electron chi connectivity index (χ0n) is 13.0. The van der Waals surface area contributed by atoms with Crippen molar-refractivity contribution >= 4 is 35.8 Å². The quantitative estimate of drug-likeness (QED) is 0.752. The predicted octanol–water partition coefficient (Wildman–Crippen LogP) is 3.22. The Morgan fingerprint density at radius 2 is 2.14 bits per heavy atom. The maximum absolute atomic E-state index is 11.8. The third-order valence-electron chi connectivity index (χ3n) is 3.05. The maximum atomic E-state index is 11.8. The number of methoxy groups -OCH3 is 1. The molecule has 0 aliphatic heterocycles. The van der Waals surface area contributed by atoms with Crippen molar-refractivity contribution in [2.24, 2.45) is 5.73 Å². The van der Waals surface area contributed by atoms with Gasteiger partial charge < -0.3 is 15.8 Å². The van der Waals surface area contributed by atoms with E-state index in [1.807, 2.05) is 30.8 Å². The third kappa shape index (κ3) is 6.70. The molecule has 1 aromatic rings. The molecule has 21 heavy (non-hydrogen) atoms. The summed E-state index contributed by atoms with van der Waals surface area (Å²) < 4.78 is 4.88. The molecule has 1 amide bonds. The second kappa shape index (κ2) is 10.1. The topological polar surface area (TPSA) is 64.4 Å². The molecule has 0 aromatic heterocycles. The summed E-state index contributed by atoms with van der Waals surface area (Å²) in [6.45, 7) is 6.58. The van der Waals surface area contributed by atoms with Gasteiger partial charge in [-0.25, -0.2) is 0 Å². The number of rotatable bonds is 7. The Bertz CT molecular complexity index is 457. The highest BCUT2D eigenvalue weighted by atomic mass is 35.5. The molecule has 4 nitrogen and oxygen atoms in total. The molecule has 6 heteroatoms. The van der Waals surface area contributed by atoms with Crippen LogP contribution in [0.4, 0.5) is 5.69 Å². The number of halogens is 1. The van der Waals surface area contributed by atoms with Gasteiger partial charge in [-0.3, -0.25) is 4.79 Å². The smallest absolute Gasteiger partial charge is 0.243 e. The number of nitrogens with two attached hydrogens (primary N) is 1. The molecule has 0 aliphatic rings. The van der Waals surface area contributed by atoms with Crippen LogP contribution >= 0.6 is 24.2 Å². The second-order valence-electron chi connectivity index (χ2n) is 4.86. The van der Waals surface area contributed by atoms with Gasteiger partial charge in [0.2, 0.25) is 5.91 Å². The zero-order valence-corrected chi connectivity index (χ0v) is 14.6. The number of amides is 1. The van der Waals surface area contributed by atoms with E-state index >= 15 is 0 Å². The highest BCUT2D eigenvalue weighted by Gasteiger charge is 2.14. The van der Waals surface area contributed by atoms with Crippen LogP contribution in [0, 0.1) is 6.92 Å². The molecule has 0 fully saturated rings. The van der Waals surface area contributed by atoms with E-state index in [0.717, 1.165) is 17.7 Å². The molecule has 0 aliphatic carbocycles. The molecule has 1 aromatic carbocycles. The van der Waals surface area contributed by atoms with Gasteiger partial charge >= 0.3 is 0 Å². The van der Waals surface area contributed by atoms with Crippen molar-refractivity contribution in [2.45, 2.75) is 43.4 Å². The van der Waals surface area contributed by atoms with E-state index in [-0.39, 0.29) is 24.9 Å². The van der Waals surface area contributed by atoms with Crippen LogP contribution in [0.1, 0.15) is 25.8 Å². The van der Waals surface area contributed by atoms with Crippen LogP contribution in [-0.4, -0.2) is 30.9 Å². The number of aryl methyl sites for hydroxylation is 1. The zero-order chi connectivity index (χ0) is 15.1. The van der Waals surface area contributed by atoms with E-state index in [0.29, 0.717) is 5.25 Å². The molecule has 0 spiro atoms. The highest BCUT2D eigenvalue weighted by molar-refractivity contribution is 7.99. The molecule has 1 rings (SSSR count). The number of hydrogen-bond acceptors (Lipinski definition) is 4. The van der Waals surface area contributed by atoms with Crippen LogP contribution in [0.2, 0.25) is 0 Å². The fraction of sp³-hybridized carbons (Fsp3) is 0.533. The number of hydrogen-bond donors (Lipinski definition) is 2. The minimum absolute atomic E-state index is 0. The maximum Gasteiger partial charge on any atom is 0.243 e. The summed E-state index contributed by atoms with van der Waals surface area (Å²) in [4.78, 5) is 13.1. The van der Waals surface area contributed by atoms with E-state index in [1.54, 1.807) is 0 Å². The Balaban J connectivity index is 0.00000400. The minimum atomic E-state index is -0.645. The molecular formula is C15H25ClN2O2S. The summed E-state index contributed by atoms with van der Waals surface area (Å²) in [7, 11) is 1.53. The Morgan fingerprint density at radius 1 is 1.48 bits per heavy atom. The second-order valence-corrected chi connectivity index (χ2v) is 6.38. The largest absolute Gasteiger partial charge is 0.383 e. The first-order chi connectivity index (χ1) is 9.47. The SMILES string of the molecule is CCC(C)Sc1ccc(NC(=O)C(N)COC)c(C)c1.Cl. The monoisotopic (exact) mass is 332 g/mol. The average molecular weight is 333 g/mol. The lowest BCUT2D eigenvalue weighted by atomic mass is 10.2. The highest BCUT2D eigenvalue weighted by Crippen LogP contribution is 2.28. The molecule has 0 saturated heterocycles. The van der Waals surface area contributed by atoms with Crippen LogP contribution in [0.5, 0.6) is 0 Å². The van der Waals surface area contributed by atoms with Gasteiger partial charge in [-0.2, -0.15) is 0 Å². The van der Waals surface area contributed by atoms with Crippen LogP contribution < -0.4 is 11.1 Å². The van der Waals surface area contributed by atoms with Gasteiger partial charge in [-0.1, -0.05) is 13.8 Å². The lowest BCUT2D eigenvalue weighted by molar-refractivity contribution is -0.118. The average Bonchev–Trinajstić information content (AvgIpc) is 2.41. The first kappa shape index (κ1) is 20.2. The molecule has 0 saturated carbocycles. The Hall–Kier alpha value is -0.750. The van der Waals surface area contributed by atoms with E-state index in [2.05, 4.69) is 25.2 Å². The molecule has 0 bridgehead atoms. The first-order valence-electron chi connectivity index (χ1n) is 6.80. The molecule has 0 radical (unpaired) electrons. The fourth-order valence-corrected chi connectivity index (χ4v) is 2.67. The van der Waals surface area contributed by atoms with Crippen molar-refractivity contribution in [1.29, 1.82) is 0 Å². The van der Waals surface area contributed by atoms with Crippen LogP contribution in [0.25, 0.3) is 0 Å². The summed E-state index contributed by atoms with van der Waals surface area (Å²) in [5.41, 5.74) is 7.54. The number of thioether (sulfide) groups is 1. The molecule has 2 atom stereocenters. The summed E-state index contributed by atoms with van der Waals surface area (Å²) in [6, 6.07) is 5.40. The summed E-state index contributed by atoms with van der Waals surface area (Å²) in [6.07, 6.45) is 1.13. The molecule has 120 valence electrons. The summed E-state index contributed by atoms with van der Waals surface area (Å²) in [5, 5.41) is 3.42. The van der Waals surface area contributed by atoms with Gasteiger partial charge in [-0.05, 0) is 37.1 Å². The molecule has 0 heterocycles. The van der Waals surface area contributed by atoms with E-state index in [9.17, 15) is 4.79 Å². The number of carbonyl (C=O) groups is 1. The van der Waals surface area contributed by atoms with Gasteiger partial charge in [0.25, 0.3) is 0 Å². The standard InChI is InChI=1S/C15H24N2O2S.ClH/c1-5-11(3)20-12-6-7-14(10(2)8-12)17-15(18)13(16)9-19-4;/h6-8,11,13H,5,9,16H2,1-4H3,(H,17,18);1H. The van der Waals surface area contributed by atoms with Crippen molar-refractivity contribution in [1.82, 2.24) is 0 Å². The molecule has 3 N–H and O–H groups in total. The van der Waals surface area contributed by atoms with Crippen molar-refractivity contribution < 1.29 is 9.53 Å². The van der Waals surface area contributed by atoms with Gasteiger partial charge in [0.15, 0.2) is 0 Å². The number of anilines is 1. The number of ether oxygens (including phenoxy) is 1. The minimum Gasteiger partial charge on any atom is -0.383 e. The van der Waals surface area contributed by atoms with Crippen molar-refractivity contribution in [3.05, 3.63) is 23.8 Å². The van der Waals surface area contributed by atoms with Gasteiger partial charge in [0, 0.05) is 22.9 Å². The van der Waals surface area contributed by atoms with Crippen LogP contribution in [0.15, 0.2) is 23.1 Å². The van der Waals surface area contributed by atoms with Crippen molar-refractivity contribution in [3.63, 3.8) is 0 Å². The molecule has 2 unspecified atom stereocenters. The van der Waals surface area contributed by atoms with Crippen LogP contribution in [0.3, 0.4) is 0 Å². The Morgan fingerprint density at radius 3 is 2.67 bits per heavy atom. The lowest BCUT2D eigenvalue weighted by Crippen LogP contribution is -2.39. The molecular weight excluding hydrogens is 308 g/mol. The summed E-state index contributed by atoms with van der Waals surface area (Å²) in [5.74, 6) is -0.225. The predicted molar refractivity (Wildman–Crippen MR) is 92.5 cm³/mol. The van der Waals surface area contributed by atoms with Crippen molar-refractivity contribution in [2.75, 3.05) is 19.0 Å².